The number of aromatic nitrogens is 1. The first kappa shape index (κ1) is 26.4. The van der Waals surface area contributed by atoms with Crippen molar-refractivity contribution in [3.63, 3.8) is 0 Å². The van der Waals surface area contributed by atoms with Crippen molar-refractivity contribution in [2.24, 2.45) is 5.92 Å². The number of carbonyl (C=O) groups excluding carboxylic acids is 2. The highest BCUT2D eigenvalue weighted by molar-refractivity contribution is 6.30. The lowest BCUT2D eigenvalue weighted by molar-refractivity contribution is -0.138. The number of carbonyl (C=O) groups is 2. The van der Waals surface area contributed by atoms with Crippen LogP contribution in [0, 0.1) is 5.92 Å². The first-order valence-corrected chi connectivity index (χ1v) is 12.6. The summed E-state index contributed by atoms with van der Waals surface area (Å²) in [6, 6.07) is 7.48. The summed E-state index contributed by atoms with van der Waals surface area (Å²) in [7, 11) is 0. The molecule has 0 saturated carbocycles. The van der Waals surface area contributed by atoms with E-state index in [-0.39, 0.29) is 22.2 Å². The van der Waals surface area contributed by atoms with Crippen LogP contribution in [0.1, 0.15) is 64.6 Å². The van der Waals surface area contributed by atoms with Crippen LogP contribution in [0.15, 0.2) is 36.5 Å². The largest absolute Gasteiger partial charge is 0.418 e. The molecule has 1 unspecified atom stereocenters. The van der Waals surface area contributed by atoms with Gasteiger partial charge in [-0.05, 0) is 68.5 Å². The number of nitrogens with one attached hydrogen (secondary N) is 1. The zero-order valence-corrected chi connectivity index (χ0v) is 20.9. The second kappa shape index (κ2) is 11.2. The summed E-state index contributed by atoms with van der Waals surface area (Å²) in [5.74, 6) is 0.0892. The van der Waals surface area contributed by atoms with E-state index in [4.69, 9.17) is 11.6 Å². The van der Waals surface area contributed by atoms with E-state index >= 15 is 0 Å². The highest BCUT2D eigenvalue weighted by atomic mass is 35.5. The molecule has 2 aromatic rings. The second-order valence-corrected chi connectivity index (χ2v) is 10.1. The van der Waals surface area contributed by atoms with Crippen LogP contribution in [0.2, 0.25) is 5.02 Å². The van der Waals surface area contributed by atoms with Gasteiger partial charge in [-0.1, -0.05) is 18.5 Å². The fraction of sp³-hybridized carbons (Fsp3) is 0.500. The number of alkyl halides is 3. The summed E-state index contributed by atoms with van der Waals surface area (Å²) >= 11 is 5.64. The number of nitrogens with zero attached hydrogens (tertiary/aromatic N) is 3. The highest BCUT2D eigenvalue weighted by Crippen LogP contribution is 2.32. The highest BCUT2D eigenvalue weighted by Gasteiger charge is 2.34. The number of likely N-dealkylation sites (tertiary alicyclic amines) is 2. The molecule has 2 saturated heterocycles. The summed E-state index contributed by atoms with van der Waals surface area (Å²) in [6.45, 7) is 5.56. The SMILES string of the molecule is CC1CCCN(C2CCN(C(=O)c3ccc(C(=O)NCc4ncc(Cl)cc4C(F)(F)F)cc3)CC2)C1. The van der Waals surface area contributed by atoms with Gasteiger partial charge in [0.25, 0.3) is 11.8 Å². The number of benzene rings is 1. The van der Waals surface area contributed by atoms with Gasteiger partial charge in [-0.15, -0.1) is 0 Å². The first-order chi connectivity index (χ1) is 17.1. The smallest absolute Gasteiger partial charge is 0.346 e. The normalized spacial score (nSPS) is 19.8. The molecule has 1 N–H and O–H groups in total. The second-order valence-electron chi connectivity index (χ2n) is 9.67. The number of rotatable bonds is 5. The van der Waals surface area contributed by atoms with Crippen LogP contribution in [-0.4, -0.2) is 58.8 Å². The Morgan fingerprint density at radius 2 is 1.75 bits per heavy atom. The van der Waals surface area contributed by atoms with E-state index in [9.17, 15) is 22.8 Å². The van der Waals surface area contributed by atoms with Gasteiger partial charge in [-0.2, -0.15) is 13.2 Å². The molecule has 1 aromatic carbocycles. The van der Waals surface area contributed by atoms with E-state index < -0.39 is 24.2 Å². The molecule has 4 rings (SSSR count). The van der Waals surface area contributed by atoms with Gasteiger partial charge in [-0.25, -0.2) is 0 Å². The number of halogens is 4. The van der Waals surface area contributed by atoms with Crippen molar-refractivity contribution in [3.8, 4) is 0 Å². The zero-order valence-electron chi connectivity index (χ0n) is 20.2. The molecule has 2 aliphatic rings. The third-order valence-electron chi connectivity index (χ3n) is 7.01. The standard InChI is InChI=1S/C26H30ClF3N4O2/c1-17-3-2-10-34(16-17)21-8-11-33(12-9-21)25(36)19-6-4-18(5-7-19)24(35)32-15-23-22(26(28,29)30)13-20(27)14-31-23/h4-7,13-14,17,21H,2-3,8-12,15-16H2,1H3,(H,32,35). The summed E-state index contributed by atoms with van der Waals surface area (Å²) in [4.78, 5) is 33.6. The molecule has 6 nitrogen and oxygen atoms in total. The fourth-order valence-corrected chi connectivity index (χ4v) is 5.22. The minimum Gasteiger partial charge on any atom is -0.346 e. The molecule has 194 valence electrons. The summed E-state index contributed by atoms with van der Waals surface area (Å²) in [6.07, 6.45) is 0.902. The van der Waals surface area contributed by atoms with Gasteiger partial charge >= 0.3 is 6.18 Å². The van der Waals surface area contributed by atoms with Crippen molar-refractivity contribution in [1.82, 2.24) is 20.1 Å². The van der Waals surface area contributed by atoms with Gasteiger partial charge < -0.3 is 10.2 Å². The minimum absolute atomic E-state index is 0.0763. The Kier molecular flexibility index (Phi) is 8.20. The lowest BCUT2D eigenvalue weighted by Crippen LogP contribution is -2.49. The molecular formula is C26H30ClF3N4O2. The Hall–Kier alpha value is -2.65. The molecule has 1 aromatic heterocycles. The van der Waals surface area contributed by atoms with Crippen molar-refractivity contribution >= 4 is 23.4 Å². The lowest BCUT2D eigenvalue weighted by atomic mass is 9.95. The van der Waals surface area contributed by atoms with Crippen LogP contribution >= 0.6 is 11.6 Å². The van der Waals surface area contributed by atoms with Crippen molar-refractivity contribution in [3.05, 3.63) is 63.9 Å². The van der Waals surface area contributed by atoms with E-state index in [0.717, 1.165) is 44.1 Å². The van der Waals surface area contributed by atoms with Gasteiger partial charge in [0.1, 0.15) is 0 Å². The van der Waals surface area contributed by atoms with Crippen molar-refractivity contribution in [2.45, 2.75) is 51.4 Å². The minimum atomic E-state index is -4.64. The molecule has 2 aliphatic heterocycles. The zero-order chi connectivity index (χ0) is 25.9. The molecule has 3 heterocycles. The number of hydrogen-bond acceptors (Lipinski definition) is 4. The van der Waals surface area contributed by atoms with Crippen LogP contribution < -0.4 is 5.32 Å². The van der Waals surface area contributed by atoms with Crippen LogP contribution in [-0.2, 0) is 12.7 Å². The van der Waals surface area contributed by atoms with Gasteiger partial charge in [0.15, 0.2) is 0 Å². The number of hydrogen-bond donors (Lipinski definition) is 1. The molecule has 0 radical (unpaired) electrons. The maximum absolute atomic E-state index is 13.2. The topological polar surface area (TPSA) is 65.5 Å². The summed E-state index contributed by atoms with van der Waals surface area (Å²) in [5.41, 5.74) is -0.591. The van der Waals surface area contributed by atoms with Gasteiger partial charge in [0, 0.05) is 43.0 Å². The Morgan fingerprint density at radius 3 is 2.39 bits per heavy atom. The van der Waals surface area contributed by atoms with Crippen LogP contribution in [0.3, 0.4) is 0 Å². The Morgan fingerprint density at radius 1 is 1.08 bits per heavy atom. The molecule has 2 amide bonds. The van der Waals surface area contributed by atoms with Gasteiger partial charge in [0.2, 0.25) is 0 Å². The van der Waals surface area contributed by atoms with Crippen molar-refractivity contribution < 1.29 is 22.8 Å². The number of piperidine rings is 2. The molecule has 36 heavy (non-hydrogen) atoms. The number of amides is 2. The maximum atomic E-state index is 13.2. The molecule has 0 bridgehead atoms. The summed E-state index contributed by atoms with van der Waals surface area (Å²) < 4.78 is 39.7. The van der Waals surface area contributed by atoms with Crippen LogP contribution in [0.25, 0.3) is 0 Å². The fourth-order valence-electron chi connectivity index (χ4n) is 5.06. The first-order valence-electron chi connectivity index (χ1n) is 12.2. The van der Waals surface area contributed by atoms with E-state index in [1.807, 2.05) is 4.90 Å². The van der Waals surface area contributed by atoms with Gasteiger partial charge in [-0.3, -0.25) is 19.5 Å². The summed E-state index contributed by atoms with van der Waals surface area (Å²) in [5, 5.41) is 2.32. The van der Waals surface area contributed by atoms with E-state index in [1.54, 1.807) is 12.1 Å². The lowest BCUT2D eigenvalue weighted by Gasteiger charge is -2.41. The third kappa shape index (κ3) is 6.37. The Labute approximate surface area is 213 Å². The predicted molar refractivity (Wildman–Crippen MR) is 131 cm³/mol. The van der Waals surface area contributed by atoms with Crippen LogP contribution in [0.4, 0.5) is 13.2 Å². The predicted octanol–water partition coefficient (Wildman–Crippen LogP) is 5.02. The molecule has 0 spiro atoms. The third-order valence-corrected chi connectivity index (χ3v) is 7.22. The molecular weight excluding hydrogens is 493 g/mol. The van der Waals surface area contributed by atoms with Gasteiger partial charge in [0.05, 0.1) is 22.8 Å². The quantitative estimate of drug-likeness (QED) is 0.599. The molecule has 2 fully saturated rings. The van der Waals surface area contributed by atoms with Crippen molar-refractivity contribution in [2.75, 3.05) is 26.2 Å². The van der Waals surface area contributed by atoms with E-state index in [2.05, 4.69) is 22.1 Å². The average Bonchev–Trinajstić information content (AvgIpc) is 2.87. The van der Waals surface area contributed by atoms with Crippen LogP contribution in [0.5, 0.6) is 0 Å². The Bertz CT molecular complexity index is 1090. The van der Waals surface area contributed by atoms with Crippen molar-refractivity contribution in [1.29, 1.82) is 0 Å². The monoisotopic (exact) mass is 522 g/mol. The maximum Gasteiger partial charge on any atom is 0.418 e. The average molecular weight is 523 g/mol. The molecule has 0 aliphatic carbocycles. The molecule has 1 atom stereocenters. The Balaban J connectivity index is 1.31. The number of pyridine rings is 1. The van der Waals surface area contributed by atoms with E-state index in [1.165, 1.54) is 25.0 Å². The van der Waals surface area contributed by atoms with E-state index in [0.29, 0.717) is 24.7 Å². The molecule has 10 heteroatoms.